The van der Waals surface area contributed by atoms with Crippen molar-refractivity contribution in [2.45, 2.75) is 61.0 Å². The third-order valence-electron chi connectivity index (χ3n) is 4.58. The monoisotopic (exact) mass is 325 g/mol. The summed E-state index contributed by atoms with van der Waals surface area (Å²) in [6.07, 6.45) is 5.22. The van der Waals surface area contributed by atoms with Crippen LogP contribution in [0.5, 0.6) is 0 Å². The van der Waals surface area contributed by atoms with Crippen molar-refractivity contribution in [1.29, 1.82) is 0 Å². The number of carbonyl (C=O) groups is 1. The first kappa shape index (κ1) is 16.3. The molecular weight excluding hydrogens is 300 g/mol. The Labute approximate surface area is 142 Å². The van der Waals surface area contributed by atoms with Gasteiger partial charge in [0.2, 0.25) is 0 Å². The highest BCUT2D eigenvalue weighted by Crippen LogP contribution is 2.33. The Morgan fingerprint density at radius 2 is 1.30 bits per heavy atom. The molecule has 3 rings (SSSR count). The fraction of sp³-hybridized carbons (Fsp3) is 0.381. The highest BCUT2D eigenvalue weighted by molar-refractivity contribution is 7.98. The van der Waals surface area contributed by atoms with Crippen molar-refractivity contribution < 1.29 is 4.79 Å². The average Bonchev–Trinajstić information content (AvgIpc) is 2.76. The number of rotatable bonds is 3. The summed E-state index contributed by atoms with van der Waals surface area (Å²) in [4.78, 5) is 15.4. The molecule has 120 valence electrons. The molecule has 2 heteroatoms. The van der Waals surface area contributed by atoms with Crippen LogP contribution in [0.15, 0.2) is 58.3 Å². The van der Waals surface area contributed by atoms with E-state index in [2.05, 4.69) is 62.4 Å². The van der Waals surface area contributed by atoms with E-state index in [0.29, 0.717) is 5.78 Å². The van der Waals surface area contributed by atoms with E-state index in [0.717, 1.165) is 19.3 Å². The van der Waals surface area contributed by atoms with Crippen LogP contribution in [0.25, 0.3) is 0 Å². The highest BCUT2D eigenvalue weighted by Gasteiger charge is 2.40. The van der Waals surface area contributed by atoms with Gasteiger partial charge in [-0.05, 0) is 51.0 Å². The Kier molecular flexibility index (Phi) is 5.22. The number of Topliss-reactive ketones (excluding diaryl/α,β-unsaturated/α-hetero) is 1. The molecule has 0 radical (unpaired) electrons. The molecule has 0 aromatic heterocycles. The van der Waals surface area contributed by atoms with Crippen molar-refractivity contribution in [1.82, 2.24) is 0 Å². The van der Waals surface area contributed by atoms with E-state index in [4.69, 9.17) is 0 Å². The van der Waals surface area contributed by atoms with Crippen molar-refractivity contribution in [3.63, 3.8) is 0 Å². The minimum Gasteiger partial charge on any atom is -0.294 e. The van der Waals surface area contributed by atoms with Gasteiger partial charge in [-0.1, -0.05) is 41.8 Å². The van der Waals surface area contributed by atoms with Gasteiger partial charge in [-0.2, -0.15) is 0 Å². The van der Waals surface area contributed by atoms with Gasteiger partial charge in [-0.3, -0.25) is 4.79 Å². The zero-order valence-electron chi connectivity index (χ0n) is 14.0. The van der Waals surface area contributed by atoms with Crippen molar-refractivity contribution in [3.8, 4) is 0 Å². The lowest BCUT2D eigenvalue weighted by Crippen LogP contribution is -2.30. The Bertz CT molecular complexity index is 612. The first-order chi connectivity index (χ1) is 11.1. The molecule has 1 saturated carbocycles. The van der Waals surface area contributed by atoms with E-state index in [1.54, 1.807) is 0 Å². The van der Waals surface area contributed by atoms with Crippen molar-refractivity contribution in [2.24, 2.45) is 0 Å². The van der Waals surface area contributed by atoms with Crippen LogP contribution in [0.3, 0.4) is 0 Å². The number of benzene rings is 2. The molecule has 2 aromatic rings. The topological polar surface area (TPSA) is 17.1 Å². The summed E-state index contributed by atoms with van der Waals surface area (Å²) >= 11 is 0. The molecule has 1 atom stereocenters. The molecule has 23 heavy (non-hydrogen) atoms. The maximum Gasteiger partial charge on any atom is 0.186 e. The van der Waals surface area contributed by atoms with Crippen LogP contribution in [0.4, 0.5) is 0 Å². The fourth-order valence-electron chi connectivity index (χ4n) is 3.21. The number of ketones is 1. The molecule has 0 spiro atoms. The molecule has 0 N–H and O–H groups in total. The Morgan fingerprint density at radius 3 is 1.83 bits per heavy atom. The van der Waals surface area contributed by atoms with Gasteiger partial charge in [0, 0.05) is 12.8 Å². The maximum absolute atomic E-state index is 12.7. The van der Waals surface area contributed by atoms with Gasteiger partial charge < -0.3 is 0 Å². The second-order valence-corrected chi connectivity index (χ2v) is 8.71. The average molecular weight is 325 g/mol. The van der Waals surface area contributed by atoms with E-state index < -0.39 is 0 Å². The predicted molar refractivity (Wildman–Crippen MR) is 98.1 cm³/mol. The van der Waals surface area contributed by atoms with Crippen LogP contribution < -0.4 is 0 Å². The normalized spacial score (nSPS) is 18.9. The molecule has 2 aromatic carbocycles. The van der Waals surface area contributed by atoms with E-state index in [9.17, 15) is 4.79 Å². The van der Waals surface area contributed by atoms with E-state index >= 15 is 0 Å². The number of hydrogen-bond donors (Lipinski definition) is 0. The standard InChI is InChI=1S/C21H25OS/c1-16-8-12-18(13-9-16)23(19-14-10-17(2)11-15-19)21-7-5-3-4-6-20(21)22/h8-15,21H,3-7H2,1-2H3/q+1. The van der Waals surface area contributed by atoms with Gasteiger partial charge in [0.05, 0.1) is 10.9 Å². The van der Waals surface area contributed by atoms with Crippen LogP contribution in [-0.2, 0) is 15.7 Å². The number of carbonyl (C=O) groups excluding carboxylic acids is 1. The lowest BCUT2D eigenvalue weighted by Gasteiger charge is -2.16. The van der Waals surface area contributed by atoms with E-state index in [1.807, 2.05) is 0 Å². The molecule has 0 amide bonds. The third-order valence-corrected chi connectivity index (χ3v) is 7.21. The lowest BCUT2D eigenvalue weighted by molar-refractivity contribution is -0.118. The first-order valence-electron chi connectivity index (χ1n) is 8.54. The predicted octanol–water partition coefficient (Wildman–Crippen LogP) is 5.24. The van der Waals surface area contributed by atoms with Crippen molar-refractivity contribution >= 4 is 16.7 Å². The van der Waals surface area contributed by atoms with Gasteiger partial charge in [0.15, 0.2) is 20.8 Å². The quantitative estimate of drug-likeness (QED) is 0.557. The zero-order valence-corrected chi connectivity index (χ0v) is 14.9. The summed E-state index contributed by atoms with van der Waals surface area (Å²) in [5.41, 5.74) is 2.54. The summed E-state index contributed by atoms with van der Waals surface area (Å²) in [6, 6.07) is 17.6. The van der Waals surface area contributed by atoms with E-state index in [1.165, 1.54) is 33.8 Å². The SMILES string of the molecule is Cc1ccc([S+](c2ccc(C)cc2)C2CCCCCC2=O)cc1. The zero-order chi connectivity index (χ0) is 16.2. The molecule has 0 aliphatic heterocycles. The summed E-state index contributed by atoms with van der Waals surface area (Å²) in [6.45, 7) is 4.23. The smallest absolute Gasteiger partial charge is 0.186 e. The molecule has 0 bridgehead atoms. The highest BCUT2D eigenvalue weighted by atomic mass is 32.2. The molecule has 0 saturated heterocycles. The van der Waals surface area contributed by atoms with Gasteiger partial charge in [0.25, 0.3) is 0 Å². The fourth-order valence-corrected chi connectivity index (χ4v) is 5.78. The maximum atomic E-state index is 12.7. The second kappa shape index (κ2) is 7.35. The molecular formula is C21H25OS+. The molecule has 1 aliphatic rings. The minimum absolute atomic E-state index is 0.145. The Hall–Kier alpha value is -1.54. The summed E-state index contributed by atoms with van der Waals surface area (Å²) in [7, 11) is -0.145. The van der Waals surface area contributed by atoms with E-state index in [-0.39, 0.29) is 16.1 Å². The van der Waals surface area contributed by atoms with Crippen LogP contribution >= 0.6 is 0 Å². The van der Waals surface area contributed by atoms with Gasteiger partial charge in [-0.15, -0.1) is 0 Å². The van der Waals surface area contributed by atoms with Crippen LogP contribution in [-0.4, -0.2) is 11.0 Å². The molecule has 0 heterocycles. The Morgan fingerprint density at radius 1 is 0.783 bits per heavy atom. The Balaban J connectivity index is 2.03. The summed E-state index contributed by atoms with van der Waals surface area (Å²) in [5, 5.41) is 0.155. The second-order valence-electron chi connectivity index (χ2n) is 6.52. The molecule has 1 unspecified atom stereocenters. The molecule has 1 aliphatic carbocycles. The lowest BCUT2D eigenvalue weighted by atomic mass is 10.2. The van der Waals surface area contributed by atoms with Crippen molar-refractivity contribution in [3.05, 3.63) is 59.7 Å². The summed E-state index contributed by atoms with van der Waals surface area (Å²) < 4.78 is 0. The van der Waals surface area contributed by atoms with Crippen LogP contribution in [0.2, 0.25) is 0 Å². The number of hydrogen-bond acceptors (Lipinski definition) is 1. The van der Waals surface area contributed by atoms with Gasteiger partial charge in [-0.25, -0.2) is 0 Å². The van der Waals surface area contributed by atoms with Crippen molar-refractivity contribution in [2.75, 3.05) is 0 Å². The largest absolute Gasteiger partial charge is 0.294 e. The van der Waals surface area contributed by atoms with Gasteiger partial charge in [0.1, 0.15) is 0 Å². The molecule has 1 nitrogen and oxygen atoms in total. The third kappa shape index (κ3) is 3.87. The molecule has 1 fully saturated rings. The van der Waals surface area contributed by atoms with Crippen LogP contribution in [0, 0.1) is 13.8 Å². The van der Waals surface area contributed by atoms with Crippen LogP contribution in [0.1, 0.15) is 43.2 Å². The summed E-state index contributed by atoms with van der Waals surface area (Å²) in [5.74, 6) is 0.465. The van der Waals surface area contributed by atoms with Gasteiger partial charge >= 0.3 is 0 Å². The first-order valence-corrected chi connectivity index (χ1v) is 9.83. The number of aryl methyl sites for hydroxylation is 2. The minimum atomic E-state index is -0.145.